The molecule has 170 valence electrons. The predicted octanol–water partition coefficient (Wildman–Crippen LogP) is 2.62. The molecule has 2 aromatic rings. The fourth-order valence-electron chi connectivity index (χ4n) is 5.72. The third-order valence-corrected chi connectivity index (χ3v) is 7.52. The number of nitrogen functional groups attached to an aromatic ring is 1. The van der Waals surface area contributed by atoms with Crippen molar-refractivity contribution in [3.8, 4) is 0 Å². The van der Waals surface area contributed by atoms with Crippen LogP contribution in [-0.4, -0.2) is 59.0 Å². The molecule has 32 heavy (non-hydrogen) atoms. The van der Waals surface area contributed by atoms with Crippen LogP contribution < -0.4 is 11.1 Å². The molecule has 1 aliphatic carbocycles. The molecule has 0 radical (unpaired) electrons. The Bertz CT molecular complexity index is 906. The molecule has 2 saturated heterocycles. The highest BCUT2D eigenvalue weighted by Crippen LogP contribution is 2.25. The van der Waals surface area contributed by atoms with E-state index in [1.165, 1.54) is 16.7 Å². The first kappa shape index (κ1) is 21.4. The van der Waals surface area contributed by atoms with Gasteiger partial charge in [-0.3, -0.25) is 9.69 Å². The molecular weight excluding hydrogens is 398 g/mol. The zero-order valence-electron chi connectivity index (χ0n) is 18.9. The van der Waals surface area contributed by atoms with Gasteiger partial charge < -0.3 is 16.0 Å². The number of piperidine rings is 2. The topological polar surface area (TPSA) is 74.5 Å². The lowest BCUT2D eigenvalue weighted by Crippen LogP contribution is -2.50. The van der Waals surface area contributed by atoms with E-state index in [1.54, 1.807) is 6.20 Å². The average molecular weight is 434 g/mol. The van der Waals surface area contributed by atoms with Crippen molar-refractivity contribution >= 4 is 11.7 Å². The molecule has 3 N–H and O–H groups in total. The van der Waals surface area contributed by atoms with Crippen LogP contribution >= 0.6 is 0 Å². The number of pyridine rings is 1. The number of nitrogens with two attached hydrogens (primary N) is 1. The fourth-order valence-corrected chi connectivity index (χ4v) is 5.72. The highest BCUT2D eigenvalue weighted by molar-refractivity contribution is 5.79. The lowest BCUT2D eigenvalue weighted by molar-refractivity contribution is -0.138. The smallest absolute Gasteiger partial charge is 0.225 e. The number of carbonyl (C=O) groups is 1. The van der Waals surface area contributed by atoms with Gasteiger partial charge in [-0.2, -0.15) is 0 Å². The number of amides is 1. The zero-order chi connectivity index (χ0) is 21.9. The van der Waals surface area contributed by atoms with E-state index in [0.29, 0.717) is 23.8 Å². The van der Waals surface area contributed by atoms with Crippen LogP contribution in [0.5, 0.6) is 0 Å². The van der Waals surface area contributed by atoms with Crippen molar-refractivity contribution in [3.63, 3.8) is 0 Å². The standard InChI is InChI=1S/C26H35N5O/c27-25-15-19(5-10-28-25)18-30-11-6-20(7-12-30)26(32)31-13-8-23(9-14-31)29-24-16-21-3-1-2-4-22(21)17-24/h1-5,10,15,20,23-24,29H,6-9,11-14,16-18H2,(H2,27,28). The van der Waals surface area contributed by atoms with Crippen LogP contribution in [0.25, 0.3) is 0 Å². The molecule has 0 saturated carbocycles. The van der Waals surface area contributed by atoms with Crippen LogP contribution in [0.15, 0.2) is 42.6 Å². The maximum Gasteiger partial charge on any atom is 0.225 e. The number of hydrogen-bond donors (Lipinski definition) is 2. The van der Waals surface area contributed by atoms with Gasteiger partial charge in [0.2, 0.25) is 5.91 Å². The van der Waals surface area contributed by atoms with E-state index in [0.717, 1.165) is 71.2 Å². The molecular formula is C26H35N5O. The van der Waals surface area contributed by atoms with E-state index in [2.05, 4.69) is 44.4 Å². The quantitative estimate of drug-likeness (QED) is 0.758. The number of hydrogen-bond acceptors (Lipinski definition) is 5. The highest BCUT2D eigenvalue weighted by atomic mass is 16.2. The van der Waals surface area contributed by atoms with Crippen molar-refractivity contribution in [1.29, 1.82) is 0 Å². The number of anilines is 1. The van der Waals surface area contributed by atoms with E-state index in [-0.39, 0.29) is 5.92 Å². The van der Waals surface area contributed by atoms with Gasteiger partial charge in [0.25, 0.3) is 0 Å². The largest absolute Gasteiger partial charge is 0.384 e. The van der Waals surface area contributed by atoms with Gasteiger partial charge >= 0.3 is 0 Å². The molecule has 3 heterocycles. The molecule has 0 unspecified atom stereocenters. The van der Waals surface area contributed by atoms with E-state index < -0.39 is 0 Å². The van der Waals surface area contributed by atoms with Crippen LogP contribution in [0.1, 0.15) is 42.4 Å². The van der Waals surface area contributed by atoms with Gasteiger partial charge in [-0.15, -0.1) is 0 Å². The van der Waals surface area contributed by atoms with Gasteiger partial charge in [0.1, 0.15) is 5.82 Å². The maximum absolute atomic E-state index is 13.1. The third kappa shape index (κ3) is 4.97. The minimum Gasteiger partial charge on any atom is -0.384 e. The Hall–Kier alpha value is -2.44. The van der Waals surface area contributed by atoms with Crippen LogP contribution in [-0.2, 0) is 24.2 Å². The summed E-state index contributed by atoms with van der Waals surface area (Å²) >= 11 is 0. The van der Waals surface area contributed by atoms with Crippen LogP contribution in [0.4, 0.5) is 5.82 Å². The third-order valence-electron chi connectivity index (χ3n) is 7.52. The van der Waals surface area contributed by atoms with E-state index in [1.807, 2.05) is 12.1 Å². The van der Waals surface area contributed by atoms with E-state index >= 15 is 0 Å². The normalized spacial score (nSPS) is 21.1. The minimum absolute atomic E-state index is 0.183. The number of aromatic nitrogens is 1. The Labute approximate surface area is 191 Å². The molecule has 2 aliphatic heterocycles. The second-order valence-corrected chi connectivity index (χ2v) is 9.78. The molecule has 2 fully saturated rings. The monoisotopic (exact) mass is 433 g/mol. The molecule has 0 bridgehead atoms. The number of nitrogens with zero attached hydrogens (tertiary/aromatic N) is 3. The molecule has 1 amide bonds. The van der Waals surface area contributed by atoms with Crippen LogP contribution in [0, 0.1) is 5.92 Å². The van der Waals surface area contributed by atoms with Crippen molar-refractivity contribution < 1.29 is 4.79 Å². The first-order valence-electron chi connectivity index (χ1n) is 12.2. The summed E-state index contributed by atoms with van der Waals surface area (Å²) in [6.45, 7) is 4.62. The second-order valence-electron chi connectivity index (χ2n) is 9.78. The minimum atomic E-state index is 0.183. The summed E-state index contributed by atoms with van der Waals surface area (Å²) in [4.78, 5) is 21.7. The maximum atomic E-state index is 13.1. The number of likely N-dealkylation sites (tertiary alicyclic amines) is 2. The van der Waals surface area contributed by atoms with Crippen molar-refractivity contribution in [1.82, 2.24) is 20.1 Å². The van der Waals surface area contributed by atoms with Gasteiger partial charge in [0.05, 0.1) is 0 Å². The SMILES string of the molecule is Nc1cc(CN2CCC(C(=O)N3CCC(NC4Cc5ccccc5C4)CC3)CC2)ccn1. The Morgan fingerprint density at radius 3 is 2.31 bits per heavy atom. The molecule has 3 aliphatic rings. The van der Waals surface area contributed by atoms with Crippen molar-refractivity contribution in [2.75, 3.05) is 31.9 Å². The fraction of sp³-hybridized carbons (Fsp3) is 0.538. The summed E-state index contributed by atoms with van der Waals surface area (Å²) in [5.41, 5.74) is 9.99. The summed E-state index contributed by atoms with van der Waals surface area (Å²) in [6.07, 6.45) is 8.10. The highest BCUT2D eigenvalue weighted by Gasteiger charge is 2.32. The van der Waals surface area contributed by atoms with Gasteiger partial charge in [-0.05, 0) is 80.4 Å². The summed E-state index contributed by atoms with van der Waals surface area (Å²) in [5, 5.41) is 3.88. The number of nitrogens with one attached hydrogen (secondary N) is 1. The molecule has 5 rings (SSSR count). The lowest BCUT2D eigenvalue weighted by atomic mass is 9.93. The Balaban J connectivity index is 1.04. The summed E-state index contributed by atoms with van der Waals surface area (Å²) < 4.78 is 0. The van der Waals surface area contributed by atoms with Crippen LogP contribution in [0.3, 0.4) is 0 Å². The first-order chi connectivity index (χ1) is 15.6. The van der Waals surface area contributed by atoms with Gasteiger partial charge in [-0.25, -0.2) is 4.98 Å². The molecule has 6 heteroatoms. The predicted molar refractivity (Wildman–Crippen MR) is 127 cm³/mol. The van der Waals surface area contributed by atoms with Crippen molar-refractivity contribution in [2.24, 2.45) is 5.92 Å². The number of rotatable bonds is 5. The molecule has 6 nitrogen and oxygen atoms in total. The van der Waals surface area contributed by atoms with Gasteiger partial charge in [-0.1, -0.05) is 24.3 Å². The summed E-state index contributed by atoms with van der Waals surface area (Å²) in [7, 11) is 0. The molecule has 0 atom stereocenters. The Morgan fingerprint density at radius 2 is 1.66 bits per heavy atom. The number of fused-ring (bicyclic) bond motifs is 1. The van der Waals surface area contributed by atoms with Crippen LogP contribution in [0.2, 0.25) is 0 Å². The molecule has 1 aromatic carbocycles. The summed E-state index contributed by atoms with van der Waals surface area (Å²) in [5.74, 6) is 1.13. The van der Waals surface area contributed by atoms with E-state index in [9.17, 15) is 4.79 Å². The summed E-state index contributed by atoms with van der Waals surface area (Å²) in [6, 6.07) is 13.9. The first-order valence-corrected chi connectivity index (χ1v) is 12.2. The number of carbonyl (C=O) groups excluding carboxylic acids is 1. The van der Waals surface area contributed by atoms with Crippen molar-refractivity contribution in [3.05, 3.63) is 59.3 Å². The second kappa shape index (κ2) is 9.59. The zero-order valence-corrected chi connectivity index (χ0v) is 18.9. The van der Waals surface area contributed by atoms with Gasteiger partial charge in [0, 0.05) is 43.8 Å². The molecule has 1 aromatic heterocycles. The van der Waals surface area contributed by atoms with Crippen molar-refractivity contribution in [2.45, 2.75) is 57.2 Å². The number of benzene rings is 1. The average Bonchev–Trinajstić information content (AvgIpc) is 3.22. The van der Waals surface area contributed by atoms with Gasteiger partial charge in [0.15, 0.2) is 0 Å². The van der Waals surface area contributed by atoms with E-state index in [4.69, 9.17) is 5.73 Å². The Morgan fingerprint density at radius 1 is 0.969 bits per heavy atom. The lowest BCUT2D eigenvalue weighted by Gasteiger charge is -2.38. The Kier molecular flexibility index (Phi) is 6.42. The molecule has 0 spiro atoms.